The number of benzene rings is 2. The summed E-state index contributed by atoms with van der Waals surface area (Å²) in [4.78, 5) is 11.8. The minimum Gasteiger partial charge on any atom is -0.457 e. The van der Waals surface area contributed by atoms with Crippen LogP contribution in [0.1, 0.15) is 12.5 Å². The molecule has 0 atom stereocenters. The van der Waals surface area contributed by atoms with Gasteiger partial charge in [0, 0.05) is 7.05 Å². The van der Waals surface area contributed by atoms with Crippen molar-refractivity contribution in [3.8, 4) is 11.5 Å². The Labute approximate surface area is 141 Å². The van der Waals surface area contributed by atoms with E-state index in [4.69, 9.17) is 16.2 Å². The molecule has 2 aromatic rings. The van der Waals surface area contributed by atoms with Gasteiger partial charge in [0.1, 0.15) is 17.3 Å². The number of amides is 1. The van der Waals surface area contributed by atoms with Crippen molar-refractivity contribution < 1.29 is 9.53 Å². The molecule has 2 aromatic carbocycles. The maximum atomic E-state index is 11.8. The van der Waals surface area contributed by atoms with Crippen LogP contribution in [0.4, 0.5) is 0 Å². The second-order valence-corrected chi connectivity index (χ2v) is 5.04. The molecule has 0 saturated heterocycles. The second-order valence-electron chi connectivity index (χ2n) is 5.04. The van der Waals surface area contributed by atoms with Gasteiger partial charge in [0.05, 0.1) is 5.57 Å². The van der Waals surface area contributed by atoms with E-state index in [1.165, 1.54) is 0 Å². The van der Waals surface area contributed by atoms with Gasteiger partial charge in [-0.15, -0.1) is 0 Å². The summed E-state index contributed by atoms with van der Waals surface area (Å²) in [6.45, 7) is 1.83. The Morgan fingerprint density at radius 3 is 2.08 bits per heavy atom. The topological polar surface area (TPSA) is 90.4 Å². The molecule has 24 heavy (non-hydrogen) atoms. The highest BCUT2D eigenvalue weighted by atomic mass is 16.5. The lowest BCUT2D eigenvalue weighted by molar-refractivity contribution is -0.114. The van der Waals surface area contributed by atoms with Crippen molar-refractivity contribution in [2.75, 3.05) is 7.05 Å². The summed E-state index contributed by atoms with van der Waals surface area (Å²) < 4.78 is 5.76. The number of carbonyl (C=O) groups is 1. The molecule has 0 bridgehead atoms. The zero-order valence-electron chi connectivity index (χ0n) is 13.7. The Balaban J connectivity index is 2.30. The monoisotopic (exact) mass is 323 g/mol. The highest BCUT2D eigenvalue weighted by Gasteiger charge is 2.16. The molecule has 0 fully saturated rings. The first-order valence-corrected chi connectivity index (χ1v) is 7.54. The number of nitrogens with two attached hydrogens (primary N) is 2. The van der Waals surface area contributed by atoms with Crippen LogP contribution >= 0.6 is 0 Å². The van der Waals surface area contributed by atoms with Gasteiger partial charge in [0.2, 0.25) is 0 Å². The van der Waals surface area contributed by atoms with Crippen LogP contribution < -0.4 is 21.5 Å². The van der Waals surface area contributed by atoms with Gasteiger partial charge in [0.15, 0.2) is 0 Å². The lowest BCUT2D eigenvalue weighted by Gasteiger charge is -2.13. The van der Waals surface area contributed by atoms with Crippen molar-refractivity contribution in [3.05, 3.63) is 77.6 Å². The molecule has 0 saturated carbocycles. The zero-order chi connectivity index (χ0) is 17.5. The van der Waals surface area contributed by atoms with Gasteiger partial charge >= 0.3 is 0 Å². The lowest BCUT2D eigenvalue weighted by Crippen LogP contribution is -2.26. The predicted octanol–water partition coefficient (Wildman–Crippen LogP) is 2.76. The highest BCUT2D eigenvalue weighted by molar-refractivity contribution is 6.08. The van der Waals surface area contributed by atoms with Gasteiger partial charge in [-0.25, -0.2) is 0 Å². The average Bonchev–Trinajstić information content (AvgIpc) is 2.60. The highest BCUT2D eigenvalue weighted by Crippen LogP contribution is 2.27. The number of allylic oxidation sites excluding steroid dienone is 1. The molecule has 2 rings (SSSR count). The minimum absolute atomic E-state index is 0.236. The number of ether oxygens (including phenoxy) is 1. The van der Waals surface area contributed by atoms with Crippen LogP contribution in [0.2, 0.25) is 0 Å². The van der Waals surface area contributed by atoms with Crippen molar-refractivity contribution in [1.82, 2.24) is 5.32 Å². The molecule has 0 aliphatic rings. The van der Waals surface area contributed by atoms with E-state index in [1.807, 2.05) is 61.5 Å². The van der Waals surface area contributed by atoms with E-state index >= 15 is 0 Å². The smallest absolute Gasteiger partial charge is 0.252 e. The van der Waals surface area contributed by atoms with Crippen molar-refractivity contribution in [2.24, 2.45) is 11.5 Å². The summed E-state index contributed by atoms with van der Waals surface area (Å²) in [5.41, 5.74) is 13.1. The van der Waals surface area contributed by atoms with Crippen LogP contribution in [0.3, 0.4) is 0 Å². The van der Waals surface area contributed by atoms with Crippen LogP contribution in [-0.4, -0.2) is 13.0 Å². The maximum Gasteiger partial charge on any atom is 0.252 e. The predicted molar refractivity (Wildman–Crippen MR) is 96.1 cm³/mol. The number of hydrogen-bond donors (Lipinski definition) is 3. The maximum absolute atomic E-state index is 11.8. The number of nitrogens with one attached hydrogen (secondary N) is 1. The van der Waals surface area contributed by atoms with Crippen molar-refractivity contribution in [3.63, 3.8) is 0 Å². The minimum atomic E-state index is -0.584. The molecule has 0 aromatic heterocycles. The van der Waals surface area contributed by atoms with Gasteiger partial charge in [0.25, 0.3) is 5.91 Å². The largest absolute Gasteiger partial charge is 0.457 e. The first-order valence-electron chi connectivity index (χ1n) is 7.54. The van der Waals surface area contributed by atoms with Gasteiger partial charge in [-0.2, -0.15) is 0 Å². The molecule has 5 heteroatoms. The average molecular weight is 323 g/mol. The third-order valence-electron chi connectivity index (χ3n) is 3.49. The molecule has 0 aliphatic heterocycles. The van der Waals surface area contributed by atoms with Gasteiger partial charge < -0.3 is 21.5 Å². The summed E-state index contributed by atoms with van der Waals surface area (Å²) in [6.07, 6.45) is 1.80. The summed E-state index contributed by atoms with van der Waals surface area (Å²) in [6, 6.07) is 16.9. The van der Waals surface area contributed by atoms with E-state index in [1.54, 1.807) is 13.1 Å². The van der Waals surface area contributed by atoms with Crippen molar-refractivity contribution >= 4 is 11.5 Å². The quantitative estimate of drug-likeness (QED) is 0.563. The van der Waals surface area contributed by atoms with Crippen molar-refractivity contribution in [2.45, 2.75) is 6.92 Å². The molecule has 0 aliphatic carbocycles. The van der Waals surface area contributed by atoms with Gasteiger partial charge in [-0.1, -0.05) is 36.4 Å². The fourth-order valence-electron chi connectivity index (χ4n) is 2.32. The van der Waals surface area contributed by atoms with E-state index in [-0.39, 0.29) is 11.4 Å². The van der Waals surface area contributed by atoms with Gasteiger partial charge in [-0.3, -0.25) is 4.79 Å². The van der Waals surface area contributed by atoms with E-state index < -0.39 is 5.91 Å². The van der Waals surface area contributed by atoms with E-state index in [0.29, 0.717) is 11.3 Å². The van der Waals surface area contributed by atoms with Crippen LogP contribution in [0, 0.1) is 0 Å². The van der Waals surface area contributed by atoms with Crippen LogP contribution in [0.15, 0.2) is 72.1 Å². The lowest BCUT2D eigenvalue weighted by atomic mass is 9.97. The first kappa shape index (κ1) is 17.1. The molecule has 0 unspecified atom stereocenters. The third-order valence-corrected chi connectivity index (χ3v) is 3.49. The Morgan fingerprint density at radius 1 is 1.00 bits per heavy atom. The molecular formula is C19H21N3O2. The molecule has 5 nitrogen and oxygen atoms in total. The summed E-state index contributed by atoms with van der Waals surface area (Å²) in [5.74, 6) is 1.11. The first-order chi connectivity index (χ1) is 11.6. The van der Waals surface area contributed by atoms with E-state index in [2.05, 4.69) is 5.32 Å². The summed E-state index contributed by atoms with van der Waals surface area (Å²) in [5, 5.41) is 2.77. The zero-order valence-corrected chi connectivity index (χ0v) is 13.7. The second kappa shape index (κ2) is 7.87. The third kappa shape index (κ3) is 3.95. The number of rotatable bonds is 6. The molecule has 124 valence electrons. The molecule has 1 amide bonds. The fourth-order valence-corrected chi connectivity index (χ4v) is 2.32. The van der Waals surface area contributed by atoms with E-state index in [9.17, 15) is 4.79 Å². The Morgan fingerprint density at radius 2 is 1.58 bits per heavy atom. The van der Waals surface area contributed by atoms with Crippen LogP contribution in [0.5, 0.6) is 11.5 Å². The molecule has 0 heterocycles. The molecule has 5 N–H and O–H groups in total. The summed E-state index contributed by atoms with van der Waals surface area (Å²) >= 11 is 0. The fraction of sp³-hybridized carbons (Fsp3) is 0.105. The number of para-hydroxylation sites is 1. The van der Waals surface area contributed by atoms with Crippen molar-refractivity contribution in [1.29, 1.82) is 0 Å². The SMILES string of the molecule is C/C=C(\C(C(N)=O)=C(\N)NC)c1ccc(Oc2ccccc2)cc1. The Bertz CT molecular complexity index is 763. The number of hydrogen-bond acceptors (Lipinski definition) is 4. The Kier molecular flexibility index (Phi) is 5.63. The molecule has 0 spiro atoms. The molecular weight excluding hydrogens is 302 g/mol. The molecule has 0 radical (unpaired) electrons. The van der Waals surface area contributed by atoms with Crippen LogP contribution in [0.25, 0.3) is 5.57 Å². The Hall–Kier alpha value is -3.21. The normalized spacial score (nSPS) is 12.3. The van der Waals surface area contributed by atoms with Gasteiger partial charge in [-0.05, 0) is 42.3 Å². The standard InChI is InChI=1S/C19H21N3O2/c1-3-16(17(19(21)23)18(20)22-2)13-9-11-15(12-10-13)24-14-7-5-4-6-8-14/h3-12,22H,20H2,1-2H3,(H2,21,23)/b16-3-,18-17+. The number of carbonyl (C=O) groups excluding carboxylic acids is 1. The number of primary amides is 1. The van der Waals surface area contributed by atoms with Crippen LogP contribution in [-0.2, 0) is 4.79 Å². The summed E-state index contributed by atoms with van der Waals surface area (Å²) in [7, 11) is 1.64. The van der Waals surface area contributed by atoms with E-state index in [0.717, 1.165) is 11.3 Å².